The van der Waals surface area contributed by atoms with Crippen molar-refractivity contribution in [2.45, 2.75) is 13.8 Å². The smallest absolute Gasteiger partial charge is 0.255 e. The van der Waals surface area contributed by atoms with Crippen molar-refractivity contribution in [3.63, 3.8) is 0 Å². The Kier molecular flexibility index (Phi) is 3.81. The topological polar surface area (TPSA) is 52.9 Å². The second-order valence-corrected chi connectivity index (χ2v) is 4.64. The average Bonchev–Trinajstić information content (AvgIpc) is 2.39. The molecule has 0 aliphatic carbocycles. The first-order chi connectivity index (χ1) is 9.49. The molecule has 1 amide bonds. The maximum Gasteiger partial charge on any atom is 0.255 e. The van der Waals surface area contributed by atoms with Gasteiger partial charge in [0, 0.05) is 11.3 Å². The van der Waals surface area contributed by atoms with Crippen LogP contribution < -0.4 is 5.32 Å². The number of hydrogen-bond acceptors (Lipinski definition) is 2. The van der Waals surface area contributed by atoms with Gasteiger partial charge >= 0.3 is 0 Å². The standard InChI is InChI=1S/C16H13FN2O/c1-10-5-11(2)7-12(6-10)16(20)19-14-3-4-15(17)13(8-14)9-18/h3-8H,1-2H3,(H,19,20). The molecule has 0 fully saturated rings. The third-order valence-electron chi connectivity index (χ3n) is 2.83. The molecule has 100 valence electrons. The number of rotatable bonds is 2. The Hall–Kier alpha value is -2.67. The third kappa shape index (κ3) is 3.01. The van der Waals surface area contributed by atoms with Gasteiger partial charge in [-0.05, 0) is 44.2 Å². The molecule has 0 atom stereocenters. The Morgan fingerprint density at radius 1 is 1.15 bits per heavy atom. The van der Waals surface area contributed by atoms with Gasteiger partial charge in [0.25, 0.3) is 5.91 Å². The number of carbonyl (C=O) groups is 1. The molecular formula is C16H13FN2O. The van der Waals surface area contributed by atoms with Crippen LogP contribution in [0.3, 0.4) is 0 Å². The maximum atomic E-state index is 13.2. The van der Waals surface area contributed by atoms with E-state index in [1.807, 2.05) is 19.9 Å². The summed E-state index contributed by atoms with van der Waals surface area (Å²) in [6.07, 6.45) is 0. The first-order valence-electron chi connectivity index (χ1n) is 6.09. The number of benzene rings is 2. The predicted octanol–water partition coefficient (Wildman–Crippen LogP) is 3.57. The van der Waals surface area contributed by atoms with Gasteiger partial charge in [0.05, 0.1) is 5.56 Å². The average molecular weight is 268 g/mol. The molecule has 20 heavy (non-hydrogen) atoms. The van der Waals surface area contributed by atoms with Gasteiger partial charge in [-0.2, -0.15) is 5.26 Å². The van der Waals surface area contributed by atoms with Crippen LogP contribution in [-0.4, -0.2) is 5.91 Å². The van der Waals surface area contributed by atoms with E-state index in [4.69, 9.17) is 5.26 Å². The van der Waals surface area contributed by atoms with Gasteiger partial charge in [-0.3, -0.25) is 4.79 Å². The lowest BCUT2D eigenvalue weighted by atomic mass is 10.1. The van der Waals surface area contributed by atoms with Crippen LogP contribution in [0.5, 0.6) is 0 Å². The summed E-state index contributed by atoms with van der Waals surface area (Å²) in [5.74, 6) is -0.885. The predicted molar refractivity (Wildman–Crippen MR) is 75.0 cm³/mol. The van der Waals surface area contributed by atoms with Gasteiger partial charge in [0.1, 0.15) is 11.9 Å². The fraction of sp³-hybridized carbons (Fsp3) is 0.125. The molecule has 0 heterocycles. The van der Waals surface area contributed by atoms with Crippen LogP contribution in [0.15, 0.2) is 36.4 Å². The normalized spacial score (nSPS) is 9.90. The lowest BCUT2D eigenvalue weighted by Crippen LogP contribution is -2.12. The van der Waals surface area contributed by atoms with Gasteiger partial charge < -0.3 is 5.32 Å². The summed E-state index contributed by atoms with van der Waals surface area (Å²) in [7, 11) is 0. The quantitative estimate of drug-likeness (QED) is 0.905. The zero-order valence-electron chi connectivity index (χ0n) is 11.2. The van der Waals surface area contributed by atoms with E-state index in [2.05, 4.69) is 5.32 Å². The van der Waals surface area contributed by atoms with Crippen LogP contribution in [0.1, 0.15) is 27.0 Å². The van der Waals surface area contributed by atoms with E-state index in [0.717, 1.165) is 17.2 Å². The van der Waals surface area contributed by atoms with Crippen molar-refractivity contribution in [3.8, 4) is 6.07 Å². The van der Waals surface area contributed by atoms with Gasteiger partial charge in [-0.1, -0.05) is 17.2 Å². The number of nitrogens with one attached hydrogen (secondary N) is 1. The van der Waals surface area contributed by atoms with Gasteiger partial charge in [-0.15, -0.1) is 0 Å². The molecule has 0 spiro atoms. The monoisotopic (exact) mass is 268 g/mol. The summed E-state index contributed by atoms with van der Waals surface area (Å²) in [4.78, 5) is 12.1. The van der Waals surface area contributed by atoms with Crippen LogP contribution >= 0.6 is 0 Å². The molecule has 2 aromatic carbocycles. The summed E-state index contributed by atoms with van der Waals surface area (Å²) in [5, 5.41) is 11.4. The van der Waals surface area contributed by atoms with E-state index < -0.39 is 5.82 Å². The third-order valence-corrected chi connectivity index (χ3v) is 2.83. The molecule has 0 bridgehead atoms. The van der Waals surface area contributed by atoms with E-state index in [-0.39, 0.29) is 11.5 Å². The summed E-state index contributed by atoms with van der Waals surface area (Å²) in [5.41, 5.74) is 2.82. The summed E-state index contributed by atoms with van der Waals surface area (Å²) >= 11 is 0. The molecule has 0 unspecified atom stereocenters. The minimum atomic E-state index is -0.600. The minimum Gasteiger partial charge on any atom is -0.322 e. The lowest BCUT2D eigenvalue weighted by molar-refractivity contribution is 0.102. The van der Waals surface area contributed by atoms with Crippen molar-refractivity contribution in [2.24, 2.45) is 0 Å². The molecule has 3 nitrogen and oxygen atoms in total. The van der Waals surface area contributed by atoms with E-state index in [1.165, 1.54) is 12.1 Å². The van der Waals surface area contributed by atoms with Crippen molar-refractivity contribution in [2.75, 3.05) is 5.32 Å². The first-order valence-corrected chi connectivity index (χ1v) is 6.09. The summed E-state index contributed by atoms with van der Waals surface area (Å²) < 4.78 is 13.2. The lowest BCUT2D eigenvalue weighted by Gasteiger charge is -2.07. The first kappa shape index (κ1) is 13.8. The zero-order valence-corrected chi connectivity index (χ0v) is 11.2. The molecule has 0 aliphatic rings. The highest BCUT2D eigenvalue weighted by molar-refractivity contribution is 6.04. The zero-order chi connectivity index (χ0) is 14.7. The Labute approximate surface area is 116 Å². The Bertz CT molecular complexity index is 697. The number of amides is 1. The number of carbonyl (C=O) groups excluding carboxylic acids is 1. The second kappa shape index (κ2) is 5.54. The number of aryl methyl sites for hydroxylation is 2. The highest BCUT2D eigenvalue weighted by atomic mass is 19.1. The minimum absolute atomic E-state index is 0.0942. The van der Waals surface area contributed by atoms with E-state index in [1.54, 1.807) is 18.2 Å². The van der Waals surface area contributed by atoms with Crippen molar-refractivity contribution < 1.29 is 9.18 Å². The van der Waals surface area contributed by atoms with Gasteiger partial charge in [-0.25, -0.2) is 4.39 Å². The highest BCUT2D eigenvalue weighted by Crippen LogP contribution is 2.16. The van der Waals surface area contributed by atoms with Crippen molar-refractivity contribution in [1.82, 2.24) is 0 Å². The molecule has 2 rings (SSSR count). The Morgan fingerprint density at radius 2 is 1.80 bits per heavy atom. The van der Waals surface area contributed by atoms with E-state index in [9.17, 15) is 9.18 Å². The number of hydrogen-bond donors (Lipinski definition) is 1. The van der Waals surface area contributed by atoms with Crippen LogP contribution in [0, 0.1) is 31.0 Å². The Morgan fingerprint density at radius 3 is 2.40 bits per heavy atom. The number of nitriles is 1. The van der Waals surface area contributed by atoms with E-state index >= 15 is 0 Å². The molecule has 0 aromatic heterocycles. The largest absolute Gasteiger partial charge is 0.322 e. The maximum absolute atomic E-state index is 13.2. The number of anilines is 1. The fourth-order valence-electron chi connectivity index (χ4n) is 2.00. The van der Waals surface area contributed by atoms with Crippen LogP contribution in [0.2, 0.25) is 0 Å². The molecule has 1 N–H and O–H groups in total. The van der Waals surface area contributed by atoms with E-state index in [0.29, 0.717) is 11.3 Å². The molecule has 4 heteroatoms. The Balaban J connectivity index is 2.26. The van der Waals surface area contributed by atoms with Crippen LogP contribution in [0.4, 0.5) is 10.1 Å². The van der Waals surface area contributed by atoms with Crippen LogP contribution in [0.25, 0.3) is 0 Å². The summed E-state index contributed by atoms with van der Waals surface area (Å²) in [6.45, 7) is 3.82. The van der Waals surface area contributed by atoms with Crippen molar-refractivity contribution in [1.29, 1.82) is 5.26 Å². The fourth-order valence-corrected chi connectivity index (χ4v) is 2.00. The van der Waals surface area contributed by atoms with Crippen molar-refractivity contribution in [3.05, 3.63) is 64.5 Å². The van der Waals surface area contributed by atoms with Crippen molar-refractivity contribution >= 4 is 11.6 Å². The van der Waals surface area contributed by atoms with Gasteiger partial charge in [0.15, 0.2) is 0 Å². The second-order valence-electron chi connectivity index (χ2n) is 4.64. The molecule has 0 radical (unpaired) electrons. The molecule has 0 saturated carbocycles. The summed E-state index contributed by atoms with van der Waals surface area (Å²) in [6, 6.07) is 11.2. The highest BCUT2D eigenvalue weighted by Gasteiger charge is 2.09. The number of nitrogens with zero attached hydrogens (tertiary/aromatic N) is 1. The molecular weight excluding hydrogens is 255 g/mol. The van der Waals surface area contributed by atoms with Crippen LogP contribution in [-0.2, 0) is 0 Å². The molecule has 2 aromatic rings. The SMILES string of the molecule is Cc1cc(C)cc(C(=O)Nc2ccc(F)c(C#N)c2)c1. The van der Waals surface area contributed by atoms with Gasteiger partial charge in [0.2, 0.25) is 0 Å². The molecule has 0 saturated heterocycles. The number of halogens is 1. The molecule has 0 aliphatic heterocycles.